The molecule has 2 heterocycles. The molecule has 1 atom stereocenters. The van der Waals surface area contributed by atoms with Gasteiger partial charge in [0.2, 0.25) is 0 Å². The van der Waals surface area contributed by atoms with Crippen LogP contribution >= 0.6 is 11.6 Å². The van der Waals surface area contributed by atoms with Crippen molar-refractivity contribution in [1.29, 1.82) is 0 Å². The van der Waals surface area contributed by atoms with Gasteiger partial charge in [-0.05, 0) is 25.0 Å². The second-order valence-electron chi connectivity index (χ2n) is 3.55. The average molecular weight is 213 g/mol. The molecule has 0 spiro atoms. The fraction of sp³-hybridized carbons (Fsp3) is 0.500. The number of pyridine rings is 1. The quantitative estimate of drug-likeness (QED) is 0.770. The number of piperidine rings is 1. The smallest absolute Gasteiger partial charge is 0.147 e. The molecule has 1 N–H and O–H groups in total. The summed E-state index contributed by atoms with van der Waals surface area (Å²) in [6, 6.07) is 3.64. The first kappa shape index (κ1) is 9.74. The lowest BCUT2D eigenvalue weighted by atomic mass is 10.1. The number of nitrogens with zero attached hydrogens (tertiary/aromatic N) is 2. The Morgan fingerprint density at radius 1 is 1.57 bits per heavy atom. The predicted molar refractivity (Wildman–Crippen MR) is 56.7 cm³/mol. The van der Waals surface area contributed by atoms with Gasteiger partial charge in [-0.25, -0.2) is 4.98 Å². The van der Waals surface area contributed by atoms with Crippen molar-refractivity contribution in [3.05, 3.63) is 23.4 Å². The van der Waals surface area contributed by atoms with E-state index in [0.29, 0.717) is 11.6 Å². The maximum Gasteiger partial charge on any atom is 0.147 e. The van der Waals surface area contributed by atoms with Gasteiger partial charge in [-0.1, -0.05) is 11.6 Å². The number of hydrogen-bond acceptors (Lipinski definition) is 3. The van der Waals surface area contributed by atoms with E-state index >= 15 is 0 Å². The van der Waals surface area contributed by atoms with E-state index in [9.17, 15) is 5.11 Å². The molecule has 0 radical (unpaired) electrons. The summed E-state index contributed by atoms with van der Waals surface area (Å²) >= 11 is 6.02. The Kier molecular flexibility index (Phi) is 2.89. The second-order valence-corrected chi connectivity index (χ2v) is 3.96. The van der Waals surface area contributed by atoms with E-state index in [4.69, 9.17) is 11.6 Å². The Bertz CT molecular complexity index is 319. The largest absolute Gasteiger partial charge is 0.391 e. The lowest BCUT2D eigenvalue weighted by molar-refractivity contribution is 0.154. The molecule has 1 aromatic heterocycles. The van der Waals surface area contributed by atoms with Gasteiger partial charge in [-0.3, -0.25) is 0 Å². The molecule has 1 fully saturated rings. The number of halogens is 1. The number of aliphatic hydroxyl groups excluding tert-OH is 1. The standard InChI is InChI=1S/C10H13ClN2O/c11-9-4-1-5-12-10(9)13-6-2-3-8(14)7-13/h1,4-5,8,14H,2-3,6-7H2/t8-/m0/s1. The zero-order valence-corrected chi connectivity index (χ0v) is 8.61. The molecule has 0 amide bonds. The highest BCUT2D eigenvalue weighted by molar-refractivity contribution is 6.32. The number of anilines is 1. The SMILES string of the molecule is O[C@H]1CCCN(c2ncccc2Cl)C1. The van der Waals surface area contributed by atoms with Crippen molar-refractivity contribution in [3.63, 3.8) is 0 Å². The monoisotopic (exact) mass is 212 g/mol. The second kappa shape index (κ2) is 4.15. The summed E-state index contributed by atoms with van der Waals surface area (Å²) in [4.78, 5) is 6.26. The predicted octanol–water partition coefficient (Wildman–Crippen LogP) is 1.70. The molecule has 1 aliphatic heterocycles. The fourth-order valence-corrected chi connectivity index (χ4v) is 2.00. The minimum absolute atomic E-state index is 0.248. The maximum absolute atomic E-state index is 9.52. The molecular formula is C10H13ClN2O. The van der Waals surface area contributed by atoms with Crippen molar-refractivity contribution in [2.45, 2.75) is 18.9 Å². The summed E-state index contributed by atoms with van der Waals surface area (Å²) < 4.78 is 0. The minimum Gasteiger partial charge on any atom is -0.391 e. The van der Waals surface area contributed by atoms with Crippen molar-refractivity contribution < 1.29 is 5.11 Å². The van der Waals surface area contributed by atoms with Gasteiger partial charge in [-0.2, -0.15) is 0 Å². The maximum atomic E-state index is 9.52. The van der Waals surface area contributed by atoms with Crippen molar-refractivity contribution >= 4 is 17.4 Å². The Morgan fingerprint density at radius 3 is 3.14 bits per heavy atom. The third-order valence-electron chi connectivity index (χ3n) is 2.44. The minimum atomic E-state index is -0.248. The van der Waals surface area contributed by atoms with Gasteiger partial charge in [0.05, 0.1) is 11.1 Å². The molecule has 0 aliphatic carbocycles. The average Bonchev–Trinajstić information content (AvgIpc) is 2.18. The first-order valence-corrected chi connectivity index (χ1v) is 5.18. The van der Waals surface area contributed by atoms with Crippen LogP contribution in [0.4, 0.5) is 5.82 Å². The molecule has 2 rings (SSSR count). The Labute approximate surface area is 88.3 Å². The third-order valence-corrected chi connectivity index (χ3v) is 2.73. The summed E-state index contributed by atoms with van der Waals surface area (Å²) in [5.74, 6) is 0.785. The van der Waals surface area contributed by atoms with Gasteiger partial charge in [0.1, 0.15) is 5.82 Å². The van der Waals surface area contributed by atoms with Crippen LogP contribution in [0.5, 0.6) is 0 Å². The molecule has 0 aromatic carbocycles. The number of hydrogen-bond donors (Lipinski definition) is 1. The van der Waals surface area contributed by atoms with Crippen LogP contribution in [0, 0.1) is 0 Å². The van der Waals surface area contributed by atoms with Gasteiger partial charge in [0, 0.05) is 19.3 Å². The van der Waals surface area contributed by atoms with Gasteiger partial charge in [0.25, 0.3) is 0 Å². The van der Waals surface area contributed by atoms with Crippen LogP contribution in [0.25, 0.3) is 0 Å². The van der Waals surface area contributed by atoms with Crippen LogP contribution in [-0.4, -0.2) is 29.3 Å². The van der Waals surface area contributed by atoms with Gasteiger partial charge in [-0.15, -0.1) is 0 Å². The molecular weight excluding hydrogens is 200 g/mol. The van der Waals surface area contributed by atoms with E-state index in [0.717, 1.165) is 25.2 Å². The molecule has 14 heavy (non-hydrogen) atoms. The van der Waals surface area contributed by atoms with Crippen molar-refractivity contribution in [2.75, 3.05) is 18.0 Å². The van der Waals surface area contributed by atoms with Crippen LogP contribution in [0.2, 0.25) is 5.02 Å². The Balaban J connectivity index is 2.18. The highest BCUT2D eigenvalue weighted by Gasteiger charge is 2.20. The Morgan fingerprint density at radius 2 is 2.43 bits per heavy atom. The topological polar surface area (TPSA) is 36.4 Å². The van der Waals surface area contributed by atoms with E-state index in [-0.39, 0.29) is 6.10 Å². The summed E-state index contributed by atoms with van der Waals surface area (Å²) in [7, 11) is 0. The molecule has 1 saturated heterocycles. The number of aliphatic hydroxyl groups is 1. The van der Waals surface area contributed by atoms with Crippen LogP contribution in [-0.2, 0) is 0 Å². The molecule has 0 bridgehead atoms. The van der Waals surface area contributed by atoms with E-state index < -0.39 is 0 Å². The van der Waals surface area contributed by atoms with Gasteiger partial charge < -0.3 is 10.0 Å². The van der Waals surface area contributed by atoms with Crippen LogP contribution in [0.1, 0.15) is 12.8 Å². The van der Waals surface area contributed by atoms with E-state index in [1.165, 1.54) is 0 Å². The first-order valence-electron chi connectivity index (χ1n) is 4.81. The van der Waals surface area contributed by atoms with E-state index in [2.05, 4.69) is 4.98 Å². The van der Waals surface area contributed by atoms with Crippen LogP contribution < -0.4 is 4.90 Å². The van der Waals surface area contributed by atoms with E-state index in [1.54, 1.807) is 6.20 Å². The molecule has 1 aromatic rings. The van der Waals surface area contributed by atoms with Crippen LogP contribution in [0.15, 0.2) is 18.3 Å². The van der Waals surface area contributed by atoms with Crippen molar-refractivity contribution in [3.8, 4) is 0 Å². The molecule has 0 unspecified atom stereocenters. The highest BCUT2D eigenvalue weighted by atomic mass is 35.5. The molecule has 0 saturated carbocycles. The summed E-state index contributed by atoms with van der Waals surface area (Å²) in [6.07, 6.45) is 3.35. The summed E-state index contributed by atoms with van der Waals surface area (Å²) in [5.41, 5.74) is 0. The zero-order valence-electron chi connectivity index (χ0n) is 7.86. The normalized spacial score (nSPS) is 22.4. The lowest BCUT2D eigenvalue weighted by Crippen LogP contribution is -2.38. The highest BCUT2D eigenvalue weighted by Crippen LogP contribution is 2.25. The molecule has 3 nitrogen and oxygen atoms in total. The summed E-state index contributed by atoms with van der Waals surface area (Å²) in [6.45, 7) is 1.56. The Hall–Kier alpha value is -0.800. The first-order chi connectivity index (χ1) is 6.77. The number of β-amino-alcohol motifs (C(OH)–C–C–N with tert-alkyl or cyclic N) is 1. The zero-order chi connectivity index (χ0) is 9.97. The van der Waals surface area contributed by atoms with Crippen molar-refractivity contribution in [1.82, 2.24) is 4.98 Å². The fourth-order valence-electron chi connectivity index (χ4n) is 1.76. The number of rotatable bonds is 1. The van der Waals surface area contributed by atoms with Gasteiger partial charge >= 0.3 is 0 Å². The lowest BCUT2D eigenvalue weighted by Gasteiger charge is -2.31. The molecule has 4 heteroatoms. The van der Waals surface area contributed by atoms with Crippen molar-refractivity contribution in [2.24, 2.45) is 0 Å². The molecule has 76 valence electrons. The van der Waals surface area contributed by atoms with Crippen LogP contribution in [0.3, 0.4) is 0 Å². The summed E-state index contributed by atoms with van der Waals surface area (Å²) in [5, 5.41) is 10.2. The van der Waals surface area contributed by atoms with Gasteiger partial charge in [0.15, 0.2) is 0 Å². The van der Waals surface area contributed by atoms with E-state index in [1.807, 2.05) is 17.0 Å². The third kappa shape index (κ3) is 1.99. The number of aromatic nitrogens is 1. The molecule has 1 aliphatic rings.